The first-order valence-electron chi connectivity index (χ1n) is 6.20. The first kappa shape index (κ1) is 15.2. The van der Waals surface area contributed by atoms with Crippen LogP contribution in [0.3, 0.4) is 0 Å². The van der Waals surface area contributed by atoms with Crippen molar-refractivity contribution in [3.63, 3.8) is 0 Å². The van der Waals surface area contributed by atoms with Crippen molar-refractivity contribution in [2.24, 2.45) is 0 Å². The molecular weight excluding hydrogens is 285 g/mol. The maximum atomic E-state index is 12.0. The minimum absolute atomic E-state index is 0.431. The summed E-state index contributed by atoms with van der Waals surface area (Å²) in [6.45, 7) is -0.199. The number of aromatic nitrogens is 1. The Balaban J connectivity index is 2.08. The molecule has 2 rings (SSSR count). The van der Waals surface area contributed by atoms with Crippen molar-refractivity contribution in [1.29, 1.82) is 0 Å². The molecule has 0 aliphatic rings. The maximum Gasteiger partial charge on any atom is 0.411 e. The Labute approximate surface area is 118 Å². The molecule has 0 saturated heterocycles. The zero-order valence-corrected chi connectivity index (χ0v) is 11.1. The number of nitrogens with one attached hydrogen (secondary N) is 1. The van der Waals surface area contributed by atoms with Gasteiger partial charge in [-0.2, -0.15) is 13.2 Å². The lowest BCUT2D eigenvalue weighted by molar-refractivity contribution is -0.184. The van der Waals surface area contributed by atoms with E-state index in [1.54, 1.807) is 24.4 Å². The van der Waals surface area contributed by atoms with Crippen LogP contribution in [0, 0.1) is 0 Å². The Morgan fingerprint density at radius 1 is 1.33 bits per heavy atom. The largest absolute Gasteiger partial charge is 0.411 e. The third kappa shape index (κ3) is 4.16. The van der Waals surface area contributed by atoms with Gasteiger partial charge in [-0.15, -0.1) is 0 Å². The van der Waals surface area contributed by atoms with E-state index >= 15 is 0 Å². The average Bonchev–Trinajstić information content (AvgIpc) is 2.44. The molecule has 0 fully saturated rings. The number of para-hydroxylation sites is 1. The molecule has 4 nitrogen and oxygen atoms in total. The summed E-state index contributed by atoms with van der Waals surface area (Å²) in [5, 5.41) is 3.35. The number of amides is 1. The van der Waals surface area contributed by atoms with Crippen molar-refractivity contribution in [2.75, 3.05) is 11.9 Å². The summed E-state index contributed by atoms with van der Waals surface area (Å²) in [6, 6.07) is 8.75. The summed E-state index contributed by atoms with van der Waals surface area (Å²) in [5.41, 5.74) is 0.997. The molecule has 0 aliphatic heterocycles. The highest BCUT2D eigenvalue weighted by molar-refractivity contribution is 6.01. The first-order chi connectivity index (χ1) is 9.87. The number of hydrogen-bond donors (Lipinski definition) is 1. The Hall–Kier alpha value is -2.15. The van der Waals surface area contributed by atoms with Gasteiger partial charge in [0, 0.05) is 11.6 Å². The Morgan fingerprint density at radius 2 is 2.05 bits per heavy atom. The van der Waals surface area contributed by atoms with E-state index in [1.807, 2.05) is 12.1 Å². The molecule has 2 aromatic rings. The predicted octanol–water partition coefficient (Wildman–Crippen LogP) is 3.14. The molecule has 0 spiro atoms. The lowest BCUT2D eigenvalue weighted by Gasteiger charge is -2.15. The summed E-state index contributed by atoms with van der Waals surface area (Å²) in [4.78, 5) is 16.0. The van der Waals surface area contributed by atoms with Crippen LogP contribution in [0.4, 0.5) is 18.9 Å². The van der Waals surface area contributed by atoms with Gasteiger partial charge < -0.3 is 10.1 Å². The van der Waals surface area contributed by atoms with Gasteiger partial charge in [0.1, 0.15) is 12.7 Å². The lowest BCUT2D eigenvalue weighted by atomic mass is 10.2. The van der Waals surface area contributed by atoms with E-state index in [1.165, 1.54) is 6.92 Å². The van der Waals surface area contributed by atoms with E-state index in [0.29, 0.717) is 11.2 Å². The van der Waals surface area contributed by atoms with Crippen LogP contribution >= 0.6 is 0 Å². The van der Waals surface area contributed by atoms with Crippen molar-refractivity contribution in [3.8, 4) is 0 Å². The number of pyridine rings is 1. The molecule has 112 valence electrons. The van der Waals surface area contributed by atoms with Crippen molar-refractivity contribution in [3.05, 3.63) is 36.5 Å². The number of nitrogens with zero attached hydrogens (tertiary/aromatic N) is 1. The molecule has 1 aromatic carbocycles. The number of benzene rings is 1. The van der Waals surface area contributed by atoms with Crippen LogP contribution in [-0.4, -0.2) is 29.8 Å². The SMILES string of the molecule is CC(OCC(F)(F)F)C(=O)Nc1cccc2cccnc12. The third-order valence-electron chi connectivity index (χ3n) is 2.76. The van der Waals surface area contributed by atoms with Crippen LogP contribution < -0.4 is 5.32 Å². The monoisotopic (exact) mass is 298 g/mol. The van der Waals surface area contributed by atoms with Gasteiger partial charge in [-0.25, -0.2) is 0 Å². The van der Waals surface area contributed by atoms with Crippen molar-refractivity contribution >= 4 is 22.5 Å². The summed E-state index contributed by atoms with van der Waals surface area (Å²) >= 11 is 0. The van der Waals surface area contributed by atoms with E-state index in [-0.39, 0.29) is 0 Å². The number of hydrogen-bond acceptors (Lipinski definition) is 3. The molecule has 7 heteroatoms. The Kier molecular flexibility index (Phi) is 4.42. The van der Waals surface area contributed by atoms with Crippen LogP contribution in [-0.2, 0) is 9.53 Å². The number of anilines is 1. The number of alkyl halides is 3. The minimum atomic E-state index is -4.46. The molecule has 0 saturated carbocycles. The number of ether oxygens (including phenoxy) is 1. The van der Waals surface area contributed by atoms with Gasteiger partial charge >= 0.3 is 6.18 Å². The van der Waals surface area contributed by atoms with Gasteiger partial charge in [0.2, 0.25) is 0 Å². The highest BCUT2D eigenvalue weighted by Crippen LogP contribution is 2.21. The van der Waals surface area contributed by atoms with E-state index in [4.69, 9.17) is 0 Å². The van der Waals surface area contributed by atoms with E-state index in [2.05, 4.69) is 15.0 Å². The zero-order chi connectivity index (χ0) is 15.5. The summed E-state index contributed by atoms with van der Waals surface area (Å²) in [7, 11) is 0. The summed E-state index contributed by atoms with van der Waals surface area (Å²) in [5.74, 6) is -0.655. The average molecular weight is 298 g/mol. The van der Waals surface area contributed by atoms with Crippen LogP contribution in [0.25, 0.3) is 10.9 Å². The van der Waals surface area contributed by atoms with Crippen molar-refractivity contribution in [2.45, 2.75) is 19.2 Å². The van der Waals surface area contributed by atoms with E-state index < -0.39 is 24.8 Å². The second kappa shape index (κ2) is 6.09. The quantitative estimate of drug-likeness (QED) is 0.943. The fraction of sp³-hybridized carbons (Fsp3) is 0.286. The van der Waals surface area contributed by atoms with Gasteiger partial charge in [-0.1, -0.05) is 18.2 Å². The van der Waals surface area contributed by atoms with Crippen LogP contribution in [0.2, 0.25) is 0 Å². The third-order valence-corrected chi connectivity index (χ3v) is 2.76. The molecule has 0 aliphatic carbocycles. The highest BCUT2D eigenvalue weighted by atomic mass is 19.4. The highest BCUT2D eigenvalue weighted by Gasteiger charge is 2.30. The van der Waals surface area contributed by atoms with E-state index in [9.17, 15) is 18.0 Å². The zero-order valence-electron chi connectivity index (χ0n) is 11.1. The van der Waals surface area contributed by atoms with Crippen molar-refractivity contribution < 1.29 is 22.7 Å². The molecule has 21 heavy (non-hydrogen) atoms. The molecule has 0 radical (unpaired) electrons. The smallest absolute Gasteiger partial charge is 0.359 e. The molecule has 1 amide bonds. The summed E-state index contributed by atoms with van der Waals surface area (Å²) in [6.07, 6.45) is -4.11. The van der Waals surface area contributed by atoms with Gasteiger partial charge in [-0.05, 0) is 19.1 Å². The predicted molar refractivity (Wildman–Crippen MR) is 71.8 cm³/mol. The fourth-order valence-corrected chi connectivity index (χ4v) is 1.73. The topological polar surface area (TPSA) is 51.2 Å². The number of carbonyl (C=O) groups is 1. The van der Waals surface area contributed by atoms with Crippen LogP contribution in [0.5, 0.6) is 0 Å². The molecule has 1 N–H and O–H groups in total. The normalized spacial score (nSPS) is 13.1. The second-order valence-electron chi connectivity index (χ2n) is 4.44. The maximum absolute atomic E-state index is 12.0. The molecular formula is C14H13F3N2O2. The number of halogens is 3. The standard InChI is InChI=1S/C14H13F3N2O2/c1-9(21-8-14(15,16)17)13(20)19-11-6-2-4-10-5-3-7-18-12(10)11/h2-7,9H,8H2,1H3,(H,19,20). The van der Waals surface area contributed by atoms with Crippen LogP contribution in [0.1, 0.15) is 6.92 Å². The van der Waals surface area contributed by atoms with Gasteiger partial charge in [0.15, 0.2) is 0 Å². The van der Waals surface area contributed by atoms with E-state index in [0.717, 1.165) is 5.39 Å². The molecule has 1 heterocycles. The van der Waals surface area contributed by atoms with Crippen LogP contribution in [0.15, 0.2) is 36.5 Å². The second-order valence-corrected chi connectivity index (χ2v) is 4.44. The first-order valence-corrected chi connectivity index (χ1v) is 6.20. The Bertz CT molecular complexity index is 638. The molecule has 1 atom stereocenters. The van der Waals surface area contributed by atoms with Gasteiger partial charge in [0.05, 0.1) is 11.2 Å². The number of rotatable bonds is 4. The molecule has 1 unspecified atom stereocenters. The number of carbonyl (C=O) groups excluding carboxylic acids is 1. The Morgan fingerprint density at radius 3 is 2.76 bits per heavy atom. The molecule has 0 bridgehead atoms. The summed E-state index contributed by atoms with van der Waals surface area (Å²) < 4.78 is 40.6. The molecule has 1 aromatic heterocycles. The number of fused-ring (bicyclic) bond motifs is 1. The van der Waals surface area contributed by atoms with Crippen molar-refractivity contribution in [1.82, 2.24) is 4.98 Å². The minimum Gasteiger partial charge on any atom is -0.359 e. The lowest BCUT2D eigenvalue weighted by Crippen LogP contribution is -2.31. The van der Waals surface area contributed by atoms with Gasteiger partial charge in [-0.3, -0.25) is 9.78 Å². The van der Waals surface area contributed by atoms with Gasteiger partial charge in [0.25, 0.3) is 5.91 Å². The fourth-order valence-electron chi connectivity index (χ4n) is 1.73.